The van der Waals surface area contributed by atoms with Gasteiger partial charge < -0.3 is 5.32 Å². The Bertz CT molecular complexity index is 856. The summed E-state index contributed by atoms with van der Waals surface area (Å²) >= 11 is 5.83. The van der Waals surface area contributed by atoms with Crippen LogP contribution in [0.3, 0.4) is 0 Å². The zero-order valence-electron chi connectivity index (χ0n) is 15.0. The average molecular weight is 413 g/mol. The predicted octanol–water partition coefficient (Wildman–Crippen LogP) is 3.38. The van der Waals surface area contributed by atoms with E-state index in [-0.39, 0.29) is 18.9 Å². The summed E-state index contributed by atoms with van der Waals surface area (Å²) in [4.78, 5) is 11.9. The van der Waals surface area contributed by atoms with Crippen molar-refractivity contribution in [3.05, 3.63) is 64.9 Å². The van der Waals surface area contributed by atoms with E-state index in [1.165, 1.54) is 28.6 Å². The van der Waals surface area contributed by atoms with E-state index >= 15 is 0 Å². The van der Waals surface area contributed by atoms with E-state index in [2.05, 4.69) is 5.32 Å². The Morgan fingerprint density at radius 1 is 1.11 bits per heavy atom. The molecule has 146 valence electrons. The molecule has 0 aliphatic heterocycles. The van der Waals surface area contributed by atoms with Crippen LogP contribution < -0.4 is 9.62 Å². The van der Waals surface area contributed by atoms with Gasteiger partial charge in [0.1, 0.15) is 5.82 Å². The maximum absolute atomic E-state index is 13.0. The number of anilines is 1. The first-order chi connectivity index (χ1) is 12.8. The van der Waals surface area contributed by atoms with Gasteiger partial charge in [0.05, 0.1) is 11.9 Å². The highest BCUT2D eigenvalue weighted by molar-refractivity contribution is 7.92. The number of sulfonamides is 1. The molecule has 0 unspecified atom stereocenters. The molecule has 0 saturated carbocycles. The van der Waals surface area contributed by atoms with E-state index in [1.807, 2.05) is 12.1 Å². The largest absolute Gasteiger partial charge is 0.356 e. The first-order valence-corrected chi connectivity index (χ1v) is 10.7. The lowest BCUT2D eigenvalue weighted by molar-refractivity contribution is -0.121. The van der Waals surface area contributed by atoms with E-state index in [1.54, 1.807) is 12.1 Å². The summed E-state index contributed by atoms with van der Waals surface area (Å²) in [6.45, 7) is 0.642. The van der Waals surface area contributed by atoms with Gasteiger partial charge in [-0.25, -0.2) is 12.8 Å². The second-order valence-corrected chi connectivity index (χ2v) is 8.48. The van der Waals surface area contributed by atoms with Crippen LogP contribution in [-0.2, 0) is 21.2 Å². The van der Waals surface area contributed by atoms with Gasteiger partial charge in [-0.2, -0.15) is 0 Å². The maximum atomic E-state index is 13.0. The normalized spacial score (nSPS) is 11.2. The molecule has 0 aromatic heterocycles. The van der Waals surface area contributed by atoms with E-state index in [0.29, 0.717) is 30.1 Å². The topological polar surface area (TPSA) is 66.5 Å². The molecule has 1 amide bonds. The van der Waals surface area contributed by atoms with Gasteiger partial charge in [0.25, 0.3) is 0 Å². The number of carbonyl (C=O) groups is 1. The lowest BCUT2D eigenvalue weighted by atomic mass is 10.1. The number of rotatable bonds is 9. The molecule has 0 fully saturated rings. The monoisotopic (exact) mass is 412 g/mol. The van der Waals surface area contributed by atoms with Crippen molar-refractivity contribution in [2.24, 2.45) is 0 Å². The van der Waals surface area contributed by atoms with Gasteiger partial charge in [-0.15, -0.1) is 0 Å². The van der Waals surface area contributed by atoms with Crippen LogP contribution in [0.5, 0.6) is 0 Å². The number of amides is 1. The fraction of sp³-hybridized carbons (Fsp3) is 0.316. The number of carbonyl (C=O) groups excluding carboxylic acids is 1. The molecule has 27 heavy (non-hydrogen) atoms. The summed E-state index contributed by atoms with van der Waals surface area (Å²) in [7, 11) is -3.52. The molecule has 0 heterocycles. The maximum Gasteiger partial charge on any atom is 0.232 e. The molecule has 0 spiro atoms. The molecule has 0 atom stereocenters. The summed E-state index contributed by atoms with van der Waals surface area (Å²) in [5.41, 5.74) is 1.45. The highest BCUT2D eigenvalue weighted by Gasteiger charge is 2.17. The van der Waals surface area contributed by atoms with Gasteiger partial charge in [-0.3, -0.25) is 9.10 Å². The number of benzene rings is 2. The van der Waals surface area contributed by atoms with Crippen LogP contribution in [0, 0.1) is 5.82 Å². The second kappa shape index (κ2) is 9.71. The van der Waals surface area contributed by atoms with Crippen LogP contribution in [0.1, 0.15) is 18.4 Å². The molecular formula is C19H22ClFN2O3S. The van der Waals surface area contributed by atoms with E-state index in [9.17, 15) is 17.6 Å². The third-order valence-electron chi connectivity index (χ3n) is 3.93. The molecule has 0 saturated heterocycles. The lowest BCUT2D eigenvalue weighted by Crippen LogP contribution is -2.32. The van der Waals surface area contributed by atoms with Crippen LogP contribution in [-0.4, -0.2) is 33.7 Å². The number of nitrogens with zero attached hydrogens (tertiary/aromatic N) is 1. The summed E-state index contributed by atoms with van der Waals surface area (Å²) in [6.07, 6.45) is 2.33. The smallest absolute Gasteiger partial charge is 0.232 e. The van der Waals surface area contributed by atoms with Crippen molar-refractivity contribution in [3.8, 4) is 0 Å². The van der Waals surface area contributed by atoms with Gasteiger partial charge in [0.15, 0.2) is 0 Å². The molecule has 0 aliphatic rings. The standard InChI is InChI=1S/C19H22ClFN2O3S/c1-27(25,26)23(18-10-8-17(21)9-11-18)14-2-3-19(24)22-13-12-15-4-6-16(20)7-5-15/h4-11H,2-3,12-14H2,1H3,(H,22,24). The quantitative estimate of drug-likeness (QED) is 0.686. The van der Waals surface area contributed by atoms with Crippen LogP contribution >= 0.6 is 11.6 Å². The lowest BCUT2D eigenvalue weighted by Gasteiger charge is -2.22. The molecule has 0 bridgehead atoms. The minimum Gasteiger partial charge on any atom is -0.356 e. The molecule has 0 aliphatic carbocycles. The molecule has 1 N–H and O–H groups in total. The van der Waals surface area contributed by atoms with Crippen molar-refractivity contribution in [3.63, 3.8) is 0 Å². The number of nitrogens with one attached hydrogen (secondary N) is 1. The average Bonchev–Trinajstić information content (AvgIpc) is 2.60. The summed E-state index contributed by atoms with van der Waals surface area (Å²) < 4.78 is 38.1. The first kappa shape index (κ1) is 21.2. The first-order valence-electron chi connectivity index (χ1n) is 8.50. The third kappa shape index (κ3) is 7.19. The fourth-order valence-electron chi connectivity index (χ4n) is 2.56. The second-order valence-electron chi connectivity index (χ2n) is 6.14. The number of halogens is 2. The summed E-state index contributed by atoms with van der Waals surface area (Å²) in [5, 5.41) is 3.48. The van der Waals surface area contributed by atoms with Gasteiger partial charge >= 0.3 is 0 Å². The number of hydrogen-bond acceptors (Lipinski definition) is 3. The van der Waals surface area contributed by atoms with Crippen LogP contribution in [0.15, 0.2) is 48.5 Å². The Morgan fingerprint density at radius 3 is 2.33 bits per heavy atom. The molecule has 2 aromatic rings. The molecule has 5 nitrogen and oxygen atoms in total. The molecule has 2 aromatic carbocycles. The highest BCUT2D eigenvalue weighted by atomic mass is 35.5. The molecular weight excluding hydrogens is 391 g/mol. The van der Waals surface area contributed by atoms with Gasteiger partial charge in [-0.1, -0.05) is 23.7 Å². The Labute approximate surface area is 164 Å². The van der Waals surface area contributed by atoms with Crippen LogP contribution in [0.2, 0.25) is 5.02 Å². The Kier molecular flexibility index (Phi) is 7.62. The zero-order valence-corrected chi connectivity index (χ0v) is 16.6. The Hall–Kier alpha value is -2.12. The highest BCUT2D eigenvalue weighted by Crippen LogP contribution is 2.18. The van der Waals surface area contributed by atoms with Crippen molar-refractivity contribution in [1.82, 2.24) is 5.32 Å². The van der Waals surface area contributed by atoms with E-state index < -0.39 is 15.8 Å². The fourth-order valence-corrected chi connectivity index (χ4v) is 3.65. The Balaban J connectivity index is 1.79. The SMILES string of the molecule is CS(=O)(=O)N(CCCC(=O)NCCc1ccc(Cl)cc1)c1ccc(F)cc1. The van der Waals surface area contributed by atoms with Crippen molar-refractivity contribution < 1.29 is 17.6 Å². The summed E-state index contributed by atoms with van der Waals surface area (Å²) in [5.74, 6) is -0.580. The third-order valence-corrected chi connectivity index (χ3v) is 5.38. The zero-order chi connectivity index (χ0) is 19.9. The van der Waals surface area contributed by atoms with Crippen molar-refractivity contribution in [2.45, 2.75) is 19.3 Å². The van der Waals surface area contributed by atoms with E-state index in [0.717, 1.165) is 11.8 Å². The van der Waals surface area contributed by atoms with Gasteiger partial charge in [-0.05, 0) is 54.8 Å². The summed E-state index contributed by atoms with van der Waals surface area (Å²) in [6, 6.07) is 12.6. The Morgan fingerprint density at radius 2 is 1.74 bits per heavy atom. The van der Waals surface area contributed by atoms with Gasteiger partial charge in [0, 0.05) is 24.5 Å². The molecule has 2 rings (SSSR count). The van der Waals surface area contributed by atoms with Crippen molar-refractivity contribution in [1.29, 1.82) is 0 Å². The number of hydrogen-bond donors (Lipinski definition) is 1. The molecule has 8 heteroatoms. The van der Waals surface area contributed by atoms with Gasteiger partial charge in [0.2, 0.25) is 15.9 Å². The van der Waals surface area contributed by atoms with E-state index in [4.69, 9.17) is 11.6 Å². The van der Waals surface area contributed by atoms with Crippen LogP contribution in [0.25, 0.3) is 0 Å². The van der Waals surface area contributed by atoms with Crippen molar-refractivity contribution in [2.75, 3.05) is 23.7 Å². The minimum absolute atomic E-state index is 0.142. The molecule has 0 radical (unpaired) electrons. The minimum atomic E-state index is -3.52. The van der Waals surface area contributed by atoms with Crippen LogP contribution in [0.4, 0.5) is 10.1 Å². The van der Waals surface area contributed by atoms with Crippen molar-refractivity contribution >= 4 is 33.2 Å². The predicted molar refractivity (Wildman–Crippen MR) is 106 cm³/mol.